The molecule has 0 amide bonds. The quantitative estimate of drug-likeness (QED) is 0.808. The Bertz CT molecular complexity index is 299. The summed E-state index contributed by atoms with van der Waals surface area (Å²) in [6, 6.07) is 5.74. The van der Waals surface area contributed by atoms with E-state index >= 15 is 0 Å². The topological polar surface area (TPSA) is 34.1 Å². The van der Waals surface area contributed by atoms with Crippen LogP contribution in [0, 0.1) is 11.8 Å². The normalized spacial score (nSPS) is 12.6. The lowest BCUT2D eigenvalue weighted by atomic mass is 9.98. The Kier molecular flexibility index (Phi) is 4.40. The molecule has 0 spiro atoms. The molecular formula is C12H20N2O. The largest absolute Gasteiger partial charge is 0.481 e. The lowest BCUT2D eigenvalue weighted by molar-refractivity contribution is 0.398. The molecule has 0 aliphatic carbocycles. The maximum absolute atomic E-state index is 5.06. The summed E-state index contributed by atoms with van der Waals surface area (Å²) < 4.78 is 5.06. The number of rotatable bonds is 5. The fourth-order valence-corrected chi connectivity index (χ4v) is 1.13. The van der Waals surface area contributed by atoms with Crippen molar-refractivity contribution in [3.8, 4) is 5.88 Å². The van der Waals surface area contributed by atoms with Gasteiger partial charge in [-0.1, -0.05) is 26.8 Å². The van der Waals surface area contributed by atoms with Crippen LogP contribution in [0.3, 0.4) is 0 Å². The zero-order chi connectivity index (χ0) is 11.3. The minimum atomic E-state index is 0.637. The van der Waals surface area contributed by atoms with Crippen molar-refractivity contribution in [2.24, 2.45) is 11.8 Å². The molecule has 0 aliphatic rings. The lowest BCUT2D eigenvalue weighted by Crippen LogP contribution is -2.16. The van der Waals surface area contributed by atoms with E-state index in [0.29, 0.717) is 17.7 Å². The predicted molar refractivity (Wildman–Crippen MR) is 63.3 cm³/mol. The van der Waals surface area contributed by atoms with Crippen LogP contribution in [0.5, 0.6) is 5.88 Å². The van der Waals surface area contributed by atoms with Gasteiger partial charge < -0.3 is 10.1 Å². The van der Waals surface area contributed by atoms with Crippen LogP contribution < -0.4 is 10.1 Å². The number of pyridine rings is 1. The van der Waals surface area contributed by atoms with Crippen LogP contribution in [0.1, 0.15) is 20.8 Å². The van der Waals surface area contributed by atoms with Gasteiger partial charge in [-0.2, -0.15) is 4.98 Å². The zero-order valence-electron chi connectivity index (χ0n) is 9.95. The summed E-state index contributed by atoms with van der Waals surface area (Å²) in [5.41, 5.74) is 0. The highest BCUT2D eigenvalue weighted by Gasteiger charge is 2.06. The Balaban J connectivity index is 2.50. The third-order valence-corrected chi connectivity index (χ3v) is 2.68. The summed E-state index contributed by atoms with van der Waals surface area (Å²) in [4.78, 5) is 4.29. The molecule has 84 valence electrons. The van der Waals surface area contributed by atoms with Crippen molar-refractivity contribution in [3.63, 3.8) is 0 Å². The van der Waals surface area contributed by atoms with Crippen molar-refractivity contribution in [3.05, 3.63) is 18.2 Å². The van der Waals surface area contributed by atoms with Crippen LogP contribution in [-0.2, 0) is 0 Å². The maximum Gasteiger partial charge on any atom is 0.214 e. The molecule has 1 aromatic heterocycles. The van der Waals surface area contributed by atoms with Gasteiger partial charge in [0.2, 0.25) is 5.88 Å². The van der Waals surface area contributed by atoms with E-state index in [4.69, 9.17) is 4.74 Å². The molecule has 3 heteroatoms. The highest BCUT2D eigenvalue weighted by atomic mass is 16.5. The second-order valence-electron chi connectivity index (χ2n) is 4.17. The van der Waals surface area contributed by atoms with E-state index in [9.17, 15) is 0 Å². The molecule has 1 heterocycles. The van der Waals surface area contributed by atoms with Crippen LogP contribution in [0.25, 0.3) is 0 Å². The van der Waals surface area contributed by atoms with Gasteiger partial charge in [-0.05, 0) is 17.9 Å². The molecule has 1 unspecified atom stereocenters. The number of nitrogens with zero attached hydrogens (tertiary/aromatic N) is 1. The van der Waals surface area contributed by atoms with E-state index in [2.05, 4.69) is 31.1 Å². The summed E-state index contributed by atoms with van der Waals surface area (Å²) in [5, 5.41) is 3.31. The molecule has 1 rings (SSSR count). The number of methoxy groups -OCH3 is 1. The van der Waals surface area contributed by atoms with Crippen molar-refractivity contribution in [2.75, 3.05) is 19.0 Å². The third kappa shape index (κ3) is 3.78. The standard InChI is InChI=1S/C12H20N2O/c1-9(2)10(3)8-13-11-6-5-7-12(14-11)15-4/h5-7,9-10H,8H2,1-4H3,(H,13,14). The van der Waals surface area contributed by atoms with Crippen LogP contribution >= 0.6 is 0 Å². The SMILES string of the molecule is COc1cccc(NCC(C)C(C)C)n1. The monoisotopic (exact) mass is 208 g/mol. The van der Waals surface area contributed by atoms with Gasteiger partial charge in [0.15, 0.2) is 0 Å². The molecule has 0 saturated carbocycles. The van der Waals surface area contributed by atoms with Crippen molar-refractivity contribution >= 4 is 5.82 Å². The fourth-order valence-electron chi connectivity index (χ4n) is 1.13. The Hall–Kier alpha value is -1.25. The van der Waals surface area contributed by atoms with Gasteiger partial charge in [0.05, 0.1) is 7.11 Å². The Morgan fingerprint density at radius 2 is 2.07 bits per heavy atom. The van der Waals surface area contributed by atoms with Crippen molar-refractivity contribution in [1.29, 1.82) is 0 Å². The molecule has 15 heavy (non-hydrogen) atoms. The minimum Gasteiger partial charge on any atom is -0.481 e. The molecular weight excluding hydrogens is 188 g/mol. The lowest BCUT2D eigenvalue weighted by Gasteiger charge is -2.16. The molecule has 0 radical (unpaired) electrons. The number of ether oxygens (including phenoxy) is 1. The molecule has 0 bridgehead atoms. The van der Waals surface area contributed by atoms with E-state index in [0.717, 1.165) is 12.4 Å². The van der Waals surface area contributed by atoms with Gasteiger partial charge in [-0.25, -0.2) is 0 Å². The van der Waals surface area contributed by atoms with Gasteiger partial charge in [0.25, 0.3) is 0 Å². The van der Waals surface area contributed by atoms with Crippen molar-refractivity contribution in [1.82, 2.24) is 4.98 Å². The molecule has 0 fully saturated rings. The average molecular weight is 208 g/mol. The molecule has 0 aliphatic heterocycles. The molecule has 3 nitrogen and oxygen atoms in total. The molecule has 1 N–H and O–H groups in total. The number of hydrogen-bond donors (Lipinski definition) is 1. The first-order valence-electron chi connectivity index (χ1n) is 5.38. The summed E-state index contributed by atoms with van der Waals surface area (Å²) in [6.45, 7) is 7.63. The third-order valence-electron chi connectivity index (χ3n) is 2.68. The average Bonchev–Trinajstić information content (AvgIpc) is 2.26. The molecule has 1 aromatic rings. The second kappa shape index (κ2) is 5.59. The Labute approximate surface area is 91.9 Å². The number of nitrogens with one attached hydrogen (secondary N) is 1. The minimum absolute atomic E-state index is 0.637. The van der Waals surface area contributed by atoms with Gasteiger partial charge >= 0.3 is 0 Å². The number of aromatic nitrogens is 1. The van der Waals surface area contributed by atoms with Gasteiger partial charge in [0.1, 0.15) is 5.82 Å². The van der Waals surface area contributed by atoms with E-state index in [1.807, 2.05) is 18.2 Å². The van der Waals surface area contributed by atoms with Crippen LogP contribution in [-0.4, -0.2) is 18.6 Å². The highest BCUT2D eigenvalue weighted by molar-refractivity contribution is 5.36. The van der Waals surface area contributed by atoms with Gasteiger partial charge in [-0.3, -0.25) is 0 Å². The second-order valence-corrected chi connectivity index (χ2v) is 4.17. The van der Waals surface area contributed by atoms with Crippen LogP contribution in [0.15, 0.2) is 18.2 Å². The zero-order valence-corrected chi connectivity index (χ0v) is 9.95. The fraction of sp³-hybridized carbons (Fsp3) is 0.583. The first-order chi connectivity index (χ1) is 7.13. The Morgan fingerprint density at radius 1 is 1.33 bits per heavy atom. The molecule has 1 atom stereocenters. The smallest absolute Gasteiger partial charge is 0.214 e. The van der Waals surface area contributed by atoms with Crippen molar-refractivity contribution in [2.45, 2.75) is 20.8 Å². The summed E-state index contributed by atoms with van der Waals surface area (Å²) in [5.74, 6) is 2.85. The van der Waals surface area contributed by atoms with Gasteiger partial charge in [-0.15, -0.1) is 0 Å². The number of anilines is 1. The van der Waals surface area contributed by atoms with E-state index in [-0.39, 0.29) is 0 Å². The summed E-state index contributed by atoms with van der Waals surface area (Å²) in [6.07, 6.45) is 0. The molecule has 0 aromatic carbocycles. The first-order valence-corrected chi connectivity index (χ1v) is 5.38. The van der Waals surface area contributed by atoms with Gasteiger partial charge in [0, 0.05) is 12.6 Å². The highest BCUT2D eigenvalue weighted by Crippen LogP contribution is 2.13. The Morgan fingerprint density at radius 3 is 2.67 bits per heavy atom. The van der Waals surface area contributed by atoms with Crippen molar-refractivity contribution < 1.29 is 4.74 Å². The number of hydrogen-bond acceptors (Lipinski definition) is 3. The summed E-state index contributed by atoms with van der Waals surface area (Å²) >= 11 is 0. The van der Waals surface area contributed by atoms with E-state index in [1.54, 1.807) is 7.11 Å². The predicted octanol–water partition coefficient (Wildman–Crippen LogP) is 2.79. The summed E-state index contributed by atoms with van der Waals surface area (Å²) in [7, 11) is 1.63. The van der Waals surface area contributed by atoms with E-state index in [1.165, 1.54) is 0 Å². The first kappa shape index (κ1) is 11.8. The van der Waals surface area contributed by atoms with Crippen LogP contribution in [0.4, 0.5) is 5.82 Å². The van der Waals surface area contributed by atoms with E-state index < -0.39 is 0 Å². The molecule has 0 saturated heterocycles. The maximum atomic E-state index is 5.06. The van der Waals surface area contributed by atoms with Crippen LogP contribution in [0.2, 0.25) is 0 Å².